The van der Waals surface area contributed by atoms with E-state index in [0.717, 1.165) is 0 Å². The minimum atomic E-state index is -0.799. The number of Topliss-reactive ketones (excluding diaryl/α,β-unsaturated/α-hetero) is 1. The van der Waals surface area contributed by atoms with Gasteiger partial charge in [-0.1, -0.05) is 26.7 Å². The van der Waals surface area contributed by atoms with Crippen LogP contribution in [0, 0.1) is 5.41 Å². The molecule has 23 heavy (non-hydrogen) atoms. The largest absolute Gasteiger partial charge is 0.462 e. The molecule has 0 rings (SSSR count). The van der Waals surface area contributed by atoms with Crippen molar-refractivity contribution in [1.29, 1.82) is 0 Å². The number of allylic oxidation sites excluding steroid dienone is 1. The molecule has 0 fully saturated rings. The molecular formula is C18H26O5. The Morgan fingerprint density at radius 3 is 1.48 bits per heavy atom. The van der Waals surface area contributed by atoms with E-state index < -0.39 is 17.4 Å². The van der Waals surface area contributed by atoms with Crippen molar-refractivity contribution in [3.63, 3.8) is 0 Å². The van der Waals surface area contributed by atoms with Crippen molar-refractivity contribution in [2.45, 2.75) is 40.5 Å². The van der Waals surface area contributed by atoms with Crippen LogP contribution in [0.15, 0.2) is 36.5 Å². The van der Waals surface area contributed by atoms with Crippen molar-refractivity contribution in [2.75, 3.05) is 13.2 Å². The second-order valence-corrected chi connectivity index (χ2v) is 5.95. The zero-order chi connectivity index (χ0) is 18.2. The van der Waals surface area contributed by atoms with Crippen molar-refractivity contribution in [3.05, 3.63) is 36.5 Å². The SMILES string of the molecule is C=C(C)C(=O)CC(CC)(COC(=O)C(=C)C)COC(=O)C(=C)C. The fourth-order valence-electron chi connectivity index (χ4n) is 1.65. The molecule has 0 aromatic carbocycles. The molecule has 0 saturated heterocycles. The molecule has 5 heteroatoms. The Labute approximate surface area is 138 Å². The first kappa shape index (κ1) is 20.8. The molecule has 0 bridgehead atoms. The van der Waals surface area contributed by atoms with Crippen LogP contribution in [0.25, 0.3) is 0 Å². The third-order valence-electron chi connectivity index (χ3n) is 3.48. The van der Waals surface area contributed by atoms with Crippen LogP contribution in [-0.2, 0) is 23.9 Å². The van der Waals surface area contributed by atoms with Gasteiger partial charge in [-0.2, -0.15) is 0 Å². The summed E-state index contributed by atoms with van der Waals surface area (Å²) in [5.41, 5.74) is 0.132. The van der Waals surface area contributed by atoms with Gasteiger partial charge >= 0.3 is 11.9 Å². The predicted molar refractivity (Wildman–Crippen MR) is 88.7 cm³/mol. The van der Waals surface area contributed by atoms with Crippen LogP contribution >= 0.6 is 0 Å². The van der Waals surface area contributed by atoms with Gasteiger partial charge < -0.3 is 9.47 Å². The van der Waals surface area contributed by atoms with Crippen LogP contribution in [0.3, 0.4) is 0 Å². The minimum absolute atomic E-state index is 0.0440. The zero-order valence-electron chi connectivity index (χ0n) is 14.5. The Morgan fingerprint density at radius 2 is 1.22 bits per heavy atom. The van der Waals surface area contributed by atoms with E-state index in [1.54, 1.807) is 6.92 Å². The van der Waals surface area contributed by atoms with E-state index in [0.29, 0.717) is 12.0 Å². The average Bonchev–Trinajstić information content (AvgIpc) is 2.48. The summed E-state index contributed by atoms with van der Waals surface area (Å²) in [6.07, 6.45) is 0.560. The molecular weight excluding hydrogens is 296 g/mol. The highest BCUT2D eigenvalue weighted by Crippen LogP contribution is 2.30. The van der Waals surface area contributed by atoms with Gasteiger partial charge in [0.25, 0.3) is 0 Å². The summed E-state index contributed by atoms with van der Waals surface area (Å²) >= 11 is 0. The van der Waals surface area contributed by atoms with Gasteiger partial charge in [0.2, 0.25) is 0 Å². The molecule has 0 N–H and O–H groups in total. The van der Waals surface area contributed by atoms with Crippen LogP contribution in [0.1, 0.15) is 40.5 Å². The normalized spacial score (nSPS) is 10.6. The predicted octanol–water partition coefficient (Wildman–Crippen LogP) is 3.16. The van der Waals surface area contributed by atoms with Gasteiger partial charge in [0.15, 0.2) is 5.78 Å². The molecule has 0 amide bonds. The Morgan fingerprint density at radius 1 is 0.826 bits per heavy atom. The van der Waals surface area contributed by atoms with Gasteiger partial charge in [-0.05, 0) is 32.8 Å². The number of hydrogen-bond donors (Lipinski definition) is 0. The van der Waals surface area contributed by atoms with Crippen LogP contribution in [0.4, 0.5) is 0 Å². The average molecular weight is 322 g/mol. The number of hydrogen-bond acceptors (Lipinski definition) is 5. The Hall–Kier alpha value is -2.17. The second kappa shape index (κ2) is 9.08. The van der Waals surface area contributed by atoms with Crippen LogP contribution in [-0.4, -0.2) is 30.9 Å². The third kappa shape index (κ3) is 7.08. The first-order valence-electron chi connectivity index (χ1n) is 7.38. The zero-order valence-corrected chi connectivity index (χ0v) is 14.5. The van der Waals surface area contributed by atoms with E-state index in [1.165, 1.54) is 13.8 Å². The maximum Gasteiger partial charge on any atom is 0.333 e. The van der Waals surface area contributed by atoms with Gasteiger partial charge in [0.05, 0.1) is 0 Å². The molecule has 0 saturated carbocycles. The maximum atomic E-state index is 12.1. The first-order valence-corrected chi connectivity index (χ1v) is 7.38. The molecule has 0 aromatic rings. The summed E-state index contributed by atoms with van der Waals surface area (Å²) in [5, 5.41) is 0. The molecule has 128 valence electrons. The summed E-state index contributed by atoms with van der Waals surface area (Å²) in [7, 11) is 0. The molecule has 0 atom stereocenters. The number of carbonyl (C=O) groups excluding carboxylic acids is 3. The topological polar surface area (TPSA) is 69.7 Å². The Bertz CT molecular complexity index is 498. The fraction of sp³-hybridized carbons (Fsp3) is 0.500. The first-order chi connectivity index (χ1) is 10.5. The van der Waals surface area contributed by atoms with Crippen LogP contribution in [0.2, 0.25) is 0 Å². The fourth-order valence-corrected chi connectivity index (χ4v) is 1.65. The Balaban J connectivity index is 5.19. The van der Waals surface area contributed by atoms with Crippen molar-refractivity contribution in [1.82, 2.24) is 0 Å². The lowest BCUT2D eigenvalue weighted by atomic mass is 9.80. The monoisotopic (exact) mass is 322 g/mol. The molecule has 0 aromatic heterocycles. The standard InChI is InChI=1S/C18H26O5/c1-8-18(9-15(19)12(2)3,10-22-16(20)13(4)5)11-23-17(21)14(6)7/h2,4,6,8-11H2,1,3,5,7H3. The summed E-state index contributed by atoms with van der Waals surface area (Å²) in [6.45, 7) is 17.1. The Kier molecular flexibility index (Phi) is 8.22. The van der Waals surface area contributed by atoms with Crippen molar-refractivity contribution < 1.29 is 23.9 Å². The quantitative estimate of drug-likeness (QED) is 0.456. The van der Waals surface area contributed by atoms with E-state index in [9.17, 15) is 14.4 Å². The van der Waals surface area contributed by atoms with Crippen molar-refractivity contribution >= 4 is 17.7 Å². The van der Waals surface area contributed by atoms with Crippen LogP contribution in [0.5, 0.6) is 0 Å². The molecule has 0 spiro atoms. The van der Waals surface area contributed by atoms with E-state index in [1.807, 2.05) is 6.92 Å². The van der Waals surface area contributed by atoms with Gasteiger partial charge in [0, 0.05) is 23.0 Å². The van der Waals surface area contributed by atoms with Gasteiger partial charge in [-0.3, -0.25) is 4.79 Å². The van der Waals surface area contributed by atoms with Crippen molar-refractivity contribution in [2.24, 2.45) is 5.41 Å². The summed E-state index contributed by atoms with van der Waals surface area (Å²) in [6, 6.07) is 0. The lowest BCUT2D eigenvalue weighted by Gasteiger charge is -2.31. The second-order valence-electron chi connectivity index (χ2n) is 5.95. The third-order valence-corrected chi connectivity index (χ3v) is 3.48. The van der Waals surface area contributed by atoms with Gasteiger partial charge in [-0.15, -0.1) is 0 Å². The number of rotatable bonds is 10. The van der Waals surface area contributed by atoms with E-state index in [-0.39, 0.29) is 36.6 Å². The highest BCUT2D eigenvalue weighted by atomic mass is 16.5. The number of esters is 2. The molecule has 0 radical (unpaired) electrons. The highest BCUT2D eigenvalue weighted by Gasteiger charge is 2.35. The lowest BCUT2D eigenvalue weighted by molar-refractivity contribution is -0.151. The molecule has 5 nitrogen and oxygen atoms in total. The number of ether oxygens (including phenoxy) is 2. The maximum absolute atomic E-state index is 12.1. The smallest absolute Gasteiger partial charge is 0.333 e. The van der Waals surface area contributed by atoms with Gasteiger partial charge in [0.1, 0.15) is 13.2 Å². The van der Waals surface area contributed by atoms with Crippen LogP contribution < -0.4 is 0 Å². The van der Waals surface area contributed by atoms with Crippen molar-refractivity contribution in [3.8, 4) is 0 Å². The summed E-state index contributed by atoms with van der Waals surface area (Å²) in [4.78, 5) is 35.3. The van der Waals surface area contributed by atoms with E-state index >= 15 is 0 Å². The molecule has 0 unspecified atom stereocenters. The van der Waals surface area contributed by atoms with E-state index in [2.05, 4.69) is 19.7 Å². The molecule has 0 aliphatic rings. The minimum Gasteiger partial charge on any atom is -0.462 e. The highest BCUT2D eigenvalue weighted by molar-refractivity contribution is 5.94. The molecule has 0 heterocycles. The van der Waals surface area contributed by atoms with E-state index in [4.69, 9.17) is 9.47 Å². The molecule has 0 aliphatic carbocycles. The summed E-state index contributed by atoms with van der Waals surface area (Å²) < 4.78 is 10.4. The lowest BCUT2D eigenvalue weighted by Crippen LogP contribution is -2.36. The van der Waals surface area contributed by atoms with Gasteiger partial charge in [-0.25, -0.2) is 9.59 Å². The molecule has 0 aliphatic heterocycles. The number of ketones is 1. The number of carbonyl (C=O) groups is 3. The summed E-state index contributed by atoms with van der Waals surface area (Å²) in [5.74, 6) is -1.25.